The van der Waals surface area contributed by atoms with Crippen LogP contribution in [0.25, 0.3) is 0 Å². The third kappa shape index (κ3) is 2.66. The lowest BCUT2D eigenvalue weighted by Gasteiger charge is -2.32. The van der Waals surface area contributed by atoms with Gasteiger partial charge in [0, 0.05) is 12.6 Å². The zero-order valence-corrected chi connectivity index (χ0v) is 11.9. The Bertz CT molecular complexity index is 505. The predicted molar refractivity (Wildman–Crippen MR) is 77.3 cm³/mol. The summed E-state index contributed by atoms with van der Waals surface area (Å²) in [5.74, 6) is 0.469. The first kappa shape index (κ1) is 13.4. The molecule has 1 heterocycles. The Kier molecular flexibility index (Phi) is 3.42. The average Bonchev–Trinajstić information content (AvgIpc) is 3.17. The van der Waals surface area contributed by atoms with Crippen LogP contribution in [0, 0.1) is 0 Å². The lowest BCUT2D eigenvalue weighted by atomic mass is 9.98. The summed E-state index contributed by atoms with van der Waals surface area (Å²) in [6.07, 6.45) is 4.17. The van der Waals surface area contributed by atoms with E-state index < -0.39 is 5.54 Å². The molecule has 2 aliphatic rings. The van der Waals surface area contributed by atoms with Gasteiger partial charge in [-0.1, -0.05) is 12.1 Å². The van der Waals surface area contributed by atoms with Crippen LogP contribution in [0.15, 0.2) is 24.3 Å². The van der Waals surface area contributed by atoms with Gasteiger partial charge in [0.25, 0.3) is 0 Å². The second-order valence-electron chi connectivity index (χ2n) is 6.20. The van der Waals surface area contributed by atoms with E-state index in [-0.39, 0.29) is 11.7 Å². The maximum atomic E-state index is 12.8. The van der Waals surface area contributed by atoms with E-state index in [1.54, 1.807) is 12.1 Å². The van der Waals surface area contributed by atoms with Crippen LogP contribution in [0.3, 0.4) is 0 Å². The van der Waals surface area contributed by atoms with E-state index in [1.807, 2.05) is 24.0 Å². The van der Waals surface area contributed by atoms with Gasteiger partial charge in [0.05, 0.1) is 5.54 Å². The number of aromatic hydroxyl groups is 1. The predicted octanol–water partition coefficient (Wildman–Crippen LogP) is 2.03. The lowest BCUT2D eigenvalue weighted by molar-refractivity contribution is -0.138. The second kappa shape index (κ2) is 5.09. The Labute approximate surface area is 119 Å². The van der Waals surface area contributed by atoms with Crippen LogP contribution in [0.2, 0.25) is 0 Å². The van der Waals surface area contributed by atoms with Crippen LogP contribution in [-0.4, -0.2) is 34.0 Å². The molecular weight excluding hydrogens is 252 g/mol. The topological polar surface area (TPSA) is 52.6 Å². The number of phenolic OH excluding ortho intramolecular Hbond substituents is 1. The highest BCUT2D eigenvalue weighted by atomic mass is 16.3. The lowest BCUT2D eigenvalue weighted by Crippen LogP contribution is -2.53. The average molecular weight is 274 g/mol. The van der Waals surface area contributed by atoms with Gasteiger partial charge in [0.15, 0.2) is 0 Å². The van der Waals surface area contributed by atoms with Gasteiger partial charge in [-0.25, -0.2) is 0 Å². The molecule has 4 nitrogen and oxygen atoms in total. The number of carbonyl (C=O) groups is 1. The summed E-state index contributed by atoms with van der Waals surface area (Å²) < 4.78 is 0. The Morgan fingerprint density at radius 2 is 2.30 bits per heavy atom. The van der Waals surface area contributed by atoms with Crippen molar-refractivity contribution in [2.75, 3.05) is 6.54 Å². The molecule has 20 heavy (non-hydrogen) atoms. The molecule has 1 unspecified atom stereocenters. The van der Waals surface area contributed by atoms with E-state index in [1.165, 1.54) is 0 Å². The fourth-order valence-corrected chi connectivity index (χ4v) is 3.00. The Morgan fingerprint density at radius 1 is 1.50 bits per heavy atom. The van der Waals surface area contributed by atoms with E-state index in [9.17, 15) is 9.90 Å². The van der Waals surface area contributed by atoms with E-state index in [4.69, 9.17) is 0 Å². The molecule has 2 fully saturated rings. The van der Waals surface area contributed by atoms with E-state index >= 15 is 0 Å². The van der Waals surface area contributed by atoms with Crippen molar-refractivity contribution in [1.82, 2.24) is 10.2 Å². The number of phenols is 1. The van der Waals surface area contributed by atoms with Crippen LogP contribution in [0.1, 0.15) is 38.2 Å². The van der Waals surface area contributed by atoms with Crippen molar-refractivity contribution in [3.8, 4) is 5.75 Å². The molecule has 1 aromatic carbocycles. The van der Waals surface area contributed by atoms with E-state index in [2.05, 4.69) is 5.32 Å². The molecule has 0 spiro atoms. The Hall–Kier alpha value is -1.55. The largest absolute Gasteiger partial charge is 0.508 e. The SMILES string of the molecule is CC1(C(=O)N(Cc2cccc(O)c2)C2CC2)CCCN1. The number of rotatable bonds is 4. The number of hydrogen-bond acceptors (Lipinski definition) is 3. The molecule has 1 aliphatic heterocycles. The molecule has 0 aromatic heterocycles. The summed E-state index contributed by atoms with van der Waals surface area (Å²) in [7, 11) is 0. The number of carbonyl (C=O) groups excluding carboxylic acids is 1. The van der Waals surface area contributed by atoms with Crippen LogP contribution in [-0.2, 0) is 11.3 Å². The highest BCUT2D eigenvalue weighted by molar-refractivity contribution is 5.86. The first-order valence-electron chi connectivity index (χ1n) is 7.42. The van der Waals surface area contributed by atoms with Crippen molar-refractivity contribution in [3.63, 3.8) is 0 Å². The monoisotopic (exact) mass is 274 g/mol. The van der Waals surface area contributed by atoms with Crippen LogP contribution in [0.5, 0.6) is 5.75 Å². The smallest absolute Gasteiger partial charge is 0.243 e. The minimum absolute atomic E-state index is 0.209. The van der Waals surface area contributed by atoms with Gasteiger partial charge in [-0.15, -0.1) is 0 Å². The molecule has 3 rings (SSSR count). The molecule has 2 N–H and O–H groups in total. The summed E-state index contributed by atoms with van der Waals surface area (Å²) in [6.45, 7) is 3.53. The minimum atomic E-state index is -0.403. The summed E-state index contributed by atoms with van der Waals surface area (Å²) in [5.41, 5.74) is 0.589. The molecule has 1 aliphatic carbocycles. The molecule has 0 bridgehead atoms. The molecule has 0 radical (unpaired) electrons. The van der Waals surface area contributed by atoms with Crippen LogP contribution >= 0.6 is 0 Å². The standard InChI is InChI=1S/C16H22N2O2/c1-16(8-3-9-17-16)15(20)18(13-6-7-13)11-12-4-2-5-14(19)10-12/h2,4-5,10,13,17,19H,3,6-9,11H2,1H3. The van der Waals surface area contributed by atoms with Crippen LogP contribution < -0.4 is 5.32 Å². The summed E-state index contributed by atoms with van der Waals surface area (Å²) in [6, 6.07) is 7.58. The van der Waals surface area contributed by atoms with Gasteiger partial charge in [0.2, 0.25) is 5.91 Å². The van der Waals surface area contributed by atoms with E-state index in [0.717, 1.165) is 37.8 Å². The fraction of sp³-hybridized carbons (Fsp3) is 0.562. The molecule has 1 saturated heterocycles. The molecule has 4 heteroatoms. The summed E-state index contributed by atoms with van der Waals surface area (Å²) in [4.78, 5) is 14.8. The van der Waals surface area contributed by atoms with Crippen molar-refractivity contribution in [1.29, 1.82) is 0 Å². The van der Waals surface area contributed by atoms with Gasteiger partial charge < -0.3 is 15.3 Å². The highest BCUT2D eigenvalue weighted by Gasteiger charge is 2.43. The zero-order chi connectivity index (χ0) is 14.2. The molecule has 1 atom stereocenters. The molecular formula is C16H22N2O2. The van der Waals surface area contributed by atoms with Crippen molar-refractivity contribution < 1.29 is 9.90 Å². The first-order valence-corrected chi connectivity index (χ1v) is 7.42. The Balaban J connectivity index is 1.77. The van der Waals surface area contributed by atoms with Gasteiger partial charge >= 0.3 is 0 Å². The Morgan fingerprint density at radius 3 is 2.90 bits per heavy atom. The zero-order valence-electron chi connectivity index (χ0n) is 11.9. The van der Waals surface area contributed by atoms with Gasteiger partial charge in [0.1, 0.15) is 5.75 Å². The maximum Gasteiger partial charge on any atom is 0.243 e. The summed E-state index contributed by atoms with van der Waals surface area (Å²) >= 11 is 0. The first-order chi connectivity index (χ1) is 9.58. The maximum absolute atomic E-state index is 12.8. The normalized spacial score (nSPS) is 25.6. The number of hydrogen-bond donors (Lipinski definition) is 2. The van der Waals surface area contributed by atoms with Crippen LogP contribution in [0.4, 0.5) is 0 Å². The molecule has 1 saturated carbocycles. The van der Waals surface area contributed by atoms with Crippen molar-refractivity contribution >= 4 is 5.91 Å². The number of amides is 1. The highest BCUT2D eigenvalue weighted by Crippen LogP contribution is 2.32. The summed E-state index contributed by atoms with van der Waals surface area (Å²) in [5, 5.41) is 12.9. The van der Waals surface area contributed by atoms with E-state index in [0.29, 0.717) is 12.6 Å². The number of benzene rings is 1. The second-order valence-corrected chi connectivity index (χ2v) is 6.20. The molecule has 108 valence electrons. The van der Waals surface area contributed by atoms with Crippen molar-refractivity contribution in [2.24, 2.45) is 0 Å². The molecule has 1 aromatic rings. The number of nitrogens with zero attached hydrogens (tertiary/aromatic N) is 1. The molecule has 1 amide bonds. The van der Waals surface area contributed by atoms with Crippen molar-refractivity contribution in [3.05, 3.63) is 29.8 Å². The minimum Gasteiger partial charge on any atom is -0.508 e. The third-order valence-electron chi connectivity index (χ3n) is 4.35. The van der Waals surface area contributed by atoms with Gasteiger partial charge in [-0.3, -0.25) is 4.79 Å². The van der Waals surface area contributed by atoms with Gasteiger partial charge in [-0.05, 0) is 56.8 Å². The fourth-order valence-electron chi connectivity index (χ4n) is 3.00. The van der Waals surface area contributed by atoms with Crippen molar-refractivity contribution in [2.45, 2.75) is 50.7 Å². The quantitative estimate of drug-likeness (QED) is 0.883. The van der Waals surface area contributed by atoms with Gasteiger partial charge in [-0.2, -0.15) is 0 Å². The third-order valence-corrected chi connectivity index (χ3v) is 4.35. The number of nitrogens with one attached hydrogen (secondary N) is 1.